The summed E-state index contributed by atoms with van der Waals surface area (Å²) in [4.78, 5) is 38.2. The van der Waals surface area contributed by atoms with E-state index in [9.17, 15) is 19.0 Å². The molecule has 0 bridgehead atoms. The van der Waals surface area contributed by atoms with Crippen molar-refractivity contribution in [1.29, 1.82) is 0 Å². The Labute approximate surface area is 648 Å². The second-order valence-electron chi connectivity index (χ2n) is 26.6. The first kappa shape index (κ1) is 98.8. The van der Waals surface area contributed by atoms with Crippen LogP contribution in [0.4, 0.5) is 0 Å². The number of carbonyl (C=O) groups excluding carboxylic acids is 2. The Kier molecular flexibility index (Phi) is 76.3. The van der Waals surface area contributed by atoms with Crippen molar-refractivity contribution in [3.8, 4) is 0 Å². The van der Waals surface area contributed by atoms with E-state index >= 15 is 0 Å². The highest BCUT2D eigenvalue weighted by molar-refractivity contribution is 7.45. The lowest BCUT2D eigenvalue weighted by Gasteiger charge is -2.28. The first-order valence-electron chi connectivity index (χ1n) is 40.3. The van der Waals surface area contributed by atoms with Crippen molar-refractivity contribution in [3.63, 3.8) is 0 Å². The molecule has 0 aromatic heterocycles. The van der Waals surface area contributed by atoms with E-state index in [0.29, 0.717) is 23.9 Å². The number of hydrogen-bond acceptors (Lipinski definition) is 8. The molecule has 2 atom stereocenters. The quantitative estimate of drug-likeness (QED) is 0.0195. The van der Waals surface area contributed by atoms with Crippen molar-refractivity contribution in [1.82, 2.24) is 0 Å². The number of phosphoric acid groups is 1. The minimum Gasteiger partial charge on any atom is -0.756 e. The van der Waals surface area contributed by atoms with Crippen LogP contribution in [0.5, 0.6) is 0 Å². The van der Waals surface area contributed by atoms with Crippen molar-refractivity contribution >= 4 is 19.8 Å². The van der Waals surface area contributed by atoms with Crippen LogP contribution in [0.2, 0.25) is 0 Å². The van der Waals surface area contributed by atoms with Gasteiger partial charge in [0.25, 0.3) is 7.82 Å². The number of unbranched alkanes of at least 4 members (excludes halogenated alkanes) is 8. The smallest absolute Gasteiger partial charge is 0.306 e. The molecule has 106 heavy (non-hydrogen) atoms. The molecule has 0 radical (unpaired) electrons. The molecule has 0 aliphatic rings. The third-order valence-corrected chi connectivity index (χ3v) is 16.6. The third kappa shape index (κ3) is 85.7. The van der Waals surface area contributed by atoms with Crippen LogP contribution in [0.15, 0.2) is 292 Å². The van der Waals surface area contributed by atoms with Crippen LogP contribution in [0.1, 0.15) is 245 Å². The van der Waals surface area contributed by atoms with Gasteiger partial charge in [-0.05, 0) is 193 Å². The van der Waals surface area contributed by atoms with Crippen molar-refractivity contribution in [2.45, 2.75) is 251 Å². The molecule has 2 unspecified atom stereocenters. The van der Waals surface area contributed by atoms with Crippen molar-refractivity contribution in [2.24, 2.45) is 0 Å². The molecule has 0 saturated heterocycles. The molecule has 0 aliphatic heterocycles. The maximum absolute atomic E-state index is 12.9. The first-order chi connectivity index (χ1) is 52.0. The normalized spacial score (nSPS) is 14.6. The summed E-state index contributed by atoms with van der Waals surface area (Å²) in [6.45, 7) is 3.91. The van der Waals surface area contributed by atoms with Gasteiger partial charge in [0.2, 0.25) is 0 Å². The second-order valence-corrected chi connectivity index (χ2v) is 28.0. The van der Waals surface area contributed by atoms with Crippen LogP contribution in [0, 0.1) is 0 Å². The monoisotopic (exact) mass is 1470 g/mol. The number of carbonyl (C=O) groups is 2. The van der Waals surface area contributed by atoms with E-state index in [0.717, 1.165) is 205 Å². The molecule has 0 rings (SSSR count). The Hall–Kier alpha value is -7.23. The Morgan fingerprint density at radius 1 is 0.292 bits per heavy atom. The molecule has 0 fully saturated rings. The standard InChI is InChI=1S/C96H144NO8P/c1-6-8-10-12-14-16-18-20-22-24-26-28-30-32-34-36-38-40-42-44-46-48-50-52-54-56-58-60-62-64-66-68-70-72-74-76-78-80-82-84-86-88-95(98)102-92-94(93-104-106(100,101)103-91-90-97(3,4)5)105-96(99)89-87-85-83-81-79-77-75-73-71-69-67-65-63-61-59-57-55-53-51-49-47-45-43-41-39-37-35-33-31-29-27-25-23-21-19-17-15-13-11-9-7-2/h8-11,14-17,20-23,26-29,32-35,38-41,44-47,50-53,56-59,62-65,68-71,74-77,94H,6-7,12-13,18-19,24-25,30-31,36-37,42-43,48-49,54-55,60-61,66-67,72-73,78-93H2,1-5H3/b10-8-,11-9-,16-14-,17-15-,22-20-,23-21-,28-26-,29-27-,34-32-,35-33-,40-38-,41-39-,46-44-,47-45-,52-50-,53-51-,58-56-,59-57-,64-62-,65-63-,70-68-,71-69-,76-74-,77-75-. The predicted molar refractivity (Wildman–Crippen MR) is 460 cm³/mol. The minimum absolute atomic E-state index is 0.0572. The van der Waals surface area contributed by atoms with E-state index < -0.39 is 32.5 Å². The van der Waals surface area contributed by atoms with Gasteiger partial charge in [-0.3, -0.25) is 14.2 Å². The van der Waals surface area contributed by atoms with E-state index in [1.807, 2.05) is 21.1 Å². The number of phosphoric ester groups is 1. The number of nitrogens with zero attached hydrogens (tertiary/aromatic N) is 1. The fourth-order valence-corrected chi connectivity index (χ4v) is 10.3. The summed E-state index contributed by atoms with van der Waals surface area (Å²) >= 11 is 0. The lowest BCUT2D eigenvalue weighted by Crippen LogP contribution is -2.37. The summed E-state index contributed by atoms with van der Waals surface area (Å²) in [5.74, 6) is -0.917. The van der Waals surface area contributed by atoms with E-state index in [-0.39, 0.29) is 26.1 Å². The Bertz CT molecular complexity index is 2900. The fraction of sp³-hybridized carbons (Fsp3) is 0.479. The lowest BCUT2D eigenvalue weighted by molar-refractivity contribution is -0.870. The molecule has 0 aromatic carbocycles. The summed E-state index contributed by atoms with van der Waals surface area (Å²) in [5, 5.41) is 0. The molecular formula is C96H144NO8P. The van der Waals surface area contributed by atoms with Gasteiger partial charge in [0, 0.05) is 12.8 Å². The van der Waals surface area contributed by atoms with Gasteiger partial charge in [0.05, 0.1) is 27.7 Å². The van der Waals surface area contributed by atoms with Gasteiger partial charge in [-0.15, -0.1) is 0 Å². The van der Waals surface area contributed by atoms with Gasteiger partial charge in [-0.25, -0.2) is 0 Å². The summed E-state index contributed by atoms with van der Waals surface area (Å²) in [6, 6.07) is 0. The van der Waals surface area contributed by atoms with Crippen LogP contribution in [-0.2, 0) is 32.7 Å². The molecular weight excluding hydrogens is 1330 g/mol. The van der Waals surface area contributed by atoms with Crippen LogP contribution >= 0.6 is 7.82 Å². The molecule has 0 amide bonds. The zero-order valence-corrected chi connectivity index (χ0v) is 67.6. The van der Waals surface area contributed by atoms with E-state index in [4.69, 9.17) is 18.5 Å². The number of hydrogen-bond donors (Lipinski definition) is 0. The van der Waals surface area contributed by atoms with E-state index in [1.54, 1.807) is 0 Å². The predicted octanol–water partition coefficient (Wildman–Crippen LogP) is 27.1. The highest BCUT2D eigenvalue weighted by Gasteiger charge is 2.22. The SMILES string of the molecule is CC/C=C\C/C=C\C/C=C\C/C=C\C/C=C\C/C=C\C/C=C\C/C=C\C/C=C\C/C=C\C/C=C\C/C=C\CCCCCCC(=O)OCC(COP(=O)([O-])OCC[N+](C)(C)C)OC(=O)CCCCCC/C=C\C/C=C\C/C=C\C/C=C\C/C=C\C/C=C\C/C=C\C/C=C\C/C=C\C/C=C\C/C=C\C/C=C\CC. The van der Waals surface area contributed by atoms with Crippen molar-refractivity contribution < 1.29 is 42.1 Å². The van der Waals surface area contributed by atoms with Crippen LogP contribution in [-0.4, -0.2) is 70.0 Å². The van der Waals surface area contributed by atoms with Crippen molar-refractivity contribution in [3.05, 3.63) is 292 Å². The molecule has 0 aliphatic carbocycles. The van der Waals surface area contributed by atoms with Gasteiger partial charge in [-0.2, -0.15) is 0 Å². The number of allylic oxidation sites excluding steroid dienone is 48. The first-order valence-corrected chi connectivity index (χ1v) is 41.8. The maximum atomic E-state index is 12.9. The van der Waals surface area contributed by atoms with Crippen molar-refractivity contribution in [2.75, 3.05) is 47.5 Å². The molecule has 10 heteroatoms. The lowest BCUT2D eigenvalue weighted by atomic mass is 10.1. The van der Waals surface area contributed by atoms with Crippen LogP contribution in [0.3, 0.4) is 0 Å². The van der Waals surface area contributed by atoms with E-state index in [1.165, 1.54) is 0 Å². The number of likely N-dealkylation sites (N-methyl/N-ethyl adjacent to an activating group) is 1. The highest BCUT2D eigenvalue weighted by Crippen LogP contribution is 2.38. The minimum atomic E-state index is -4.68. The third-order valence-electron chi connectivity index (χ3n) is 15.6. The number of esters is 2. The largest absolute Gasteiger partial charge is 0.756 e. The molecule has 9 nitrogen and oxygen atoms in total. The Morgan fingerprint density at radius 3 is 0.745 bits per heavy atom. The average Bonchev–Trinajstić information content (AvgIpc) is 0.951. The van der Waals surface area contributed by atoms with Gasteiger partial charge < -0.3 is 27.9 Å². The summed E-state index contributed by atoms with van der Waals surface area (Å²) in [5.41, 5.74) is 0. The molecule has 586 valence electrons. The summed E-state index contributed by atoms with van der Waals surface area (Å²) in [6.07, 6.45) is 138. The number of ether oxygens (including phenoxy) is 2. The summed E-state index contributed by atoms with van der Waals surface area (Å²) in [7, 11) is 1.09. The van der Waals surface area contributed by atoms with Gasteiger partial charge in [-0.1, -0.05) is 331 Å². The van der Waals surface area contributed by atoms with Gasteiger partial charge in [0.1, 0.15) is 19.8 Å². The Morgan fingerprint density at radius 2 is 0.509 bits per heavy atom. The molecule has 0 saturated carbocycles. The zero-order chi connectivity index (χ0) is 76.8. The van der Waals surface area contributed by atoms with Gasteiger partial charge >= 0.3 is 11.9 Å². The topological polar surface area (TPSA) is 111 Å². The average molecular weight is 1470 g/mol. The van der Waals surface area contributed by atoms with Gasteiger partial charge in [0.15, 0.2) is 6.10 Å². The second kappa shape index (κ2) is 81.8. The molecule has 0 spiro atoms. The van der Waals surface area contributed by atoms with E-state index in [2.05, 4.69) is 305 Å². The molecule has 0 heterocycles. The van der Waals surface area contributed by atoms with Crippen LogP contribution < -0.4 is 4.89 Å². The maximum Gasteiger partial charge on any atom is 0.306 e. The zero-order valence-electron chi connectivity index (χ0n) is 66.7. The van der Waals surface area contributed by atoms with Crippen LogP contribution in [0.25, 0.3) is 0 Å². The fourth-order valence-electron chi connectivity index (χ4n) is 9.56. The summed E-state index contributed by atoms with van der Waals surface area (Å²) < 4.78 is 34.3. The highest BCUT2D eigenvalue weighted by atomic mass is 31.2. The molecule has 0 aromatic rings. The molecule has 0 N–H and O–H groups in total. The Balaban J connectivity index is 4.23. The number of quaternary nitrogens is 1. The number of rotatable bonds is 70.